The maximum Gasteiger partial charge on any atom is 0.173 e. The van der Waals surface area contributed by atoms with Crippen molar-refractivity contribution in [3.63, 3.8) is 0 Å². The van der Waals surface area contributed by atoms with E-state index in [1.54, 1.807) is 0 Å². The van der Waals surface area contributed by atoms with E-state index in [-0.39, 0.29) is 22.2 Å². The van der Waals surface area contributed by atoms with E-state index in [0.717, 1.165) is 22.8 Å². The molecule has 20 heavy (non-hydrogen) atoms. The molecule has 0 unspecified atom stereocenters. The molecule has 0 amide bonds. The third kappa shape index (κ3) is 2.96. The van der Waals surface area contributed by atoms with Crippen molar-refractivity contribution in [2.24, 2.45) is 0 Å². The standard InChI is InChI=1S/C16H13BrF2O/c1-9-3-4-11(7-10(9)2)8-14(20)12-5-6-13(18)16(19)15(12)17/h3-7H,8H2,1-2H3. The van der Waals surface area contributed by atoms with Crippen molar-refractivity contribution in [3.8, 4) is 0 Å². The predicted octanol–water partition coefficient (Wildman–Crippen LogP) is 4.77. The van der Waals surface area contributed by atoms with Crippen LogP contribution in [-0.2, 0) is 6.42 Å². The number of carbonyl (C=O) groups is 1. The molecule has 0 aliphatic rings. The lowest BCUT2D eigenvalue weighted by Crippen LogP contribution is -2.06. The fourth-order valence-electron chi connectivity index (χ4n) is 1.94. The first-order chi connectivity index (χ1) is 9.40. The van der Waals surface area contributed by atoms with Crippen LogP contribution in [0.3, 0.4) is 0 Å². The van der Waals surface area contributed by atoms with E-state index in [1.165, 1.54) is 6.07 Å². The number of aryl methyl sites for hydroxylation is 2. The van der Waals surface area contributed by atoms with Gasteiger partial charge in [-0.05, 0) is 58.6 Å². The van der Waals surface area contributed by atoms with Crippen molar-refractivity contribution in [1.29, 1.82) is 0 Å². The molecule has 0 saturated carbocycles. The molecule has 0 aliphatic heterocycles. The Labute approximate surface area is 124 Å². The third-order valence-electron chi connectivity index (χ3n) is 3.27. The van der Waals surface area contributed by atoms with Crippen LogP contribution in [0.2, 0.25) is 0 Å². The van der Waals surface area contributed by atoms with Gasteiger partial charge in [0.15, 0.2) is 17.4 Å². The van der Waals surface area contributed by atoms with Crippen LogP contribution in [0.4, 0.5) is 8.78 Å². The second-order valence-electron chi connectivity index (χ2n) is 4.74. The summed E-state index contributed by atoms with van der Waals surface area (Å²) < 4.78 is 26.3. The van der Waals surface area contributed by atoms with E-state index in [2.05, 4.69) is 15.9 Å². The summed E-state index contributed by atoms with van der Waals surface area (Å²) in [5.74, 6) is -2.26. The van der Waals surface area contributed by atoms with E-state index >= 15 is 0 Å². The molecule has 104 valence electrons. The molecule has 2 aromatic rings. The van der Waals surface area contributed by atoms with Crippen molar-refractivity contribution in [2.45, 2.75) is 20.3 Å². The Morgan fingerprint density at radius 3 is 2.45 bits per heavy atom. The average molecular weight is 339 g/mol. The summed E-state index contributed by atoms with van der Waals surface area (Å²) in [7, 11) is 0. The van der Waals surface area contributed by atoms with Crippen LogP contribution in [0.5, 0.6) is 0 Å². The number of hydrogen-bond acceptors (Lipinski definition) is 1. The van der Waals surface area contributed by atoms with Crippen LogP contribution in [0.15, 0.2) is 34.8 Å². The van der Waals surface area contributed by atoms with Gasteiger partial charge in [0, 0.05) is 12.0 Å². The van der Waals surface area contributed by atoms with Crippen LogP contribution < -0.4 is 0 Å². The van der Waals surface area contributed by atoms with Crippen LogP contribution in [0.25, 0.3) is 0 Å². The molecule has 0 bridgehead atoms. The van der Waals surface area contributed by atoms with Gasteiger partial charge in [0.05, 0.1) is 4.47 Å². The van der Waals surface area contributed by atoms with Crippen molar-refractivity contribution in [3.05, 3.63) is 68.7 Å². The summed E-state index contributed by atoms with van der Waals surface area (Å²) in [6, 6.07) is 8.01. The van der Waals surface area contributed by atoms with Gasteiger partial charge in [-0.25, -0.2) is 8.78 Å². The molecule has 2 aromatic carbocycles. The van der Waals surface area contributed by atoms with E-state index < -0.39 is 11.6 Å². The van der Waals surface area contributed by atoms with Crippen LogP contribution in [0, 0.1) is 25.5 Å². The quantitative estimate of drug-likeness (QED) is 0.582. The van der Waals surface area contributed by atoms with Gasteiger partial charge in [0.2, 0.25) is 0 Å². The predicted molar refractivity (Wildman–Crippen MR) is 78.0 cm³/mol. The first-order valence-electron chi connectivity index (χ1n) is 6.13. The van der Waals surface area contributed by atoms with Crippen molar-refractivity contribution in [2.75, 3.05) is 0 Å². The topological polar surface area (TPSA) is 17.1 Å². The van der Waals surface area contributed by atoms with Gasteiger partial charge >= 0.3 is 0 Å². The van der Waals surface area contributed by atoms with Crippen LogP contribution in [0.1, 0.15) is 27.0 Å². The molecule has 0 fully saturated rings. The number of halogens is 3. The second kappa shape index (κ2) is 5.83. The first kappa shape index (κ1) is 14.9. The number of rotatable bonds is 3. The lowest BCUT2D eigenvalue weighted by molar-refractivity contribution is 0.0991. The molecule has 0 aliphatic carbocycles. The number of benzene rings is 2. The minimum atomic E-state index is -1.03. The number of hydrogen-bond donors (Lipinski definition) is 0. The number of ketones is 1. The molecule has 1 nitrogen and oxygen atoms in total. The molecule has 2 rings (SSSR count). The molecule has 0 heterocycles. The van der Waals surface area contributed by atoms with Gasteiger partial charge in [-0.15, -0.1) is 0 Å². The zero-order valence-electron chi connectivity index (χ0n) is 11.1. The molecule has 0 saturated heterocycles. The minimum Gasteiger partial charge on any atom is -0.294 e. The Balaban J connectivity index is 2.28. The molecule has 0 radical (unpaired) electrons. The zero-order chi connectivity index (χ0) is 14.9. The largest absolute Gasteiger partial charge is 0.294 e. The summed E-state index contributed by atoms with van der Waals surface area (Å²) in [6.07, 6.45) is 0.158. The van der Waals surface area contributed by atoms with Crippen LogP contribution >= 0.6 is 15.9 Å². The van der Waals surface area contributed by atoms with Crippen molar-refractivity contribution >= 4 is 21.7 Å². The lowest BCUT2D eigenvalue weighted by Gasteiger charge is -2.07. The summed E-state index contributed by atoms with van der Waals surface area (Å²) in [4.78, 5) is 12.2. The number of carbonyl (C=O) groups excluding carboxylic acids is 1. The highest BCUT2D eigenvalue weighted by molar-refractivity contribution is 9.10. The first-order valence-corrected chi connectivity index (χ1v) is 6.92. The van der Waals surface area contributed by atoms with E-state index in [1.807, 2.05) is 32.0 Å². The average Bonchev–Trinajstić information content (AvgIpc) is 2.40. The maximum absolute atomic E-state index is 13.4. The van der Waals surface area contributed by atoms with Crippen molar-refractivity contribution in [1.82, 2.24) is 0 Å². The monoisotopic (exact) mass is 338 g/mol. The summed E-state index contributed by atoms with van der Waals surface area (Å²) >= 11 is 2.94. The second-order valence-corrected chi connectivity index (χ2v) is 5.53. The highest BCUT2D eigenvalue weighted by Gasteiger charge is 2.17. The minimum absolute atomic E-state index is 0.119. The highest BCUT2D eigenvalue weighted by Crippen LogP contribution is 2.24. The van der Waals surface area contributed by atoms with Gasteiger partial charge < -0.3 is 0 Å². The fraction of sp³-hybridized carbons (Fsp3) is 0.188. The molecule has 0 spiro atoms. The van der Waals surface area contributed by atoms with Gasteiger partial charge in [0.25, 0.3) is 0 Å². The highest BCUT2D eigenvalue weighted by atomic mass is 79.9. The molecule has 0 N–H and O–H groups in total. The Bertz CT molecular complexity index is 680. The zero-order valence-corrected chi connectivity index (χ0v) is 12.7. The maximum atomic E-state index is 13.4. The van der Waals surface area contributed by atoms with Crippen LogP contribution in [-0.4, -0.2) is 5.78 Å². The Hall–Kier alpha value is -1.55. The van der Waals surface area contributed by atoms with Gasteiger partial charge in [0.1, 0.15) is 0 Å². The van der Waals surface area contributed by atoms with E-state index in [0.29, 0.717) is 0 Å². The SMILES string of the molecule is Cc1ccc(CC(=O)c2ccc(F)c(F)c2Br)cc1C. The fourth-order valence-corrected chi connectivity index (χ4v) is 2.48. The molecular formula is C16H13BrF2O. The lowest BCUT2D eigenvalue weighted by atomic mass is 9.99. The molecule has 0 aromatic heterocycles. The third-order valence-corrected chi connectivity index (χ3v) is 4.05. The Morgan fingerprint density at radius 1 is 1.10 bits per heavy atom. The van der Waals surface area contributed by atoms with Gasteiger partial charge in [-0.3, -0.25) is 4.79 Å². The Morgan fingerprint density at radius 2 is 1.80 bits per heavy atom. The smallest absolute Gasteiger partial charge is 0.173 e. The van der Waals surface area contributed by atoms with Crippen molar-refractivity contribution < 1.29 is 13.6 Å². The summed E-state index contributed by atoms with van der Waals surface area (Å²) in [5, 5.41) is 0. The molecule has 0 atom stereocenters. The summed E-state index contributed by atoms with van der Waals surface area (Å²) in [6.45, 7) is 3.96. The van der Waals surface area contributed by atoms with Gasteiger partial charge in [-0.2, -0.15) is 0 Å². The van der Waals surface area contributed by atoms with Gasteiger partial charge in [-0.1, -0.05) is 18.2 Å². The normalized spacial score (nSPS) is 10.7. The molecule has 4 heteroatoms. The number of Topliss-reactive ketones (excluding diaryl/α,β-unsaturated/α-hetero) is 1. The van der Waals surface area contributed by atoms with E-state index in [4.69, 9.17) is 0 Å². The molecular weight excluding hydrogens is 326 g/mol. The Kier molecular flexibility index (Phi) is 4.33. The summed E-state index contributed by atoms with van der Waals surface area (Å²) in [5.41, 5.74) is 3.26. The van der Waals surface area contributed by atoms with E-state index in [9.17, 15) is 13.6 Å².